The van der Waals surface area contributed by atoms with Gasteiger partial charge in [-0.05, 0) is 50.2 Å². The second kappa shape index (κ2) is 8.58. The third-order valence-electron chi connectivity index (χ3n) is 3.66. The zero-order valence-electron chi connectivity index (χ0n) is 15.0. The van der Waals surface area contributed by atoms with Crippen molar-refractivity contribution in [1.82, 2.24) is 0 Å². The maximum absolute atomic E-state index is 12.4. The Hall–Kier alpha value is -2.73. The Balaban J connectivity index is 2.15. The minimum Gasteiger partial charge on any atom is -0.495 e. The summed E-state index contributed by atoms with van der Waals surface area (Å²) >= 11 is 5.96. The van der Waals surface area contributed by atoms with Gasteiger partial charge in [0.2, 0.25) is 0 Å². The molecule has 6 nitrogen and oxygen atoms in total. The molecule has 0 aliphatic heterocycles. The summed E-state index contributed by atoms with van der Waals surface area (Å²) in [6.07, 6.45) is -0.823. The molecule has 2 aromatic carbocycles. The summed E-state index contributed by atoms with van der Waals surface area (Å²) in [5.41, 5.74) is 0.939. The van der Waals surface area contributed by atoms with Gasteiger partial charge in [-0.2, -0.15) is 0 Å². The molecule has 0 saturated carbocycles. The second-order valence-corrected chi connectivity index (χ2v) is 5.95. The smallest absolute Gasteiger partial charge is 0.265 e. The van der Waals surface area contributed by atoms with Crippen LogP contribution in [0.15, 0.2) is 36.4 Å². The molecule has 0 saturated heterocycles. The third-order valence-corrected chi connectivity index (χ3v) is 3.90. The van der Waals surface area contributed by atoms with Gasteiger partial charge in [-0.15, -0.1) is 0 Å². The number of hydrogen-bond acceptors (Lipinski definition) is 5. The van der Waals surface area contributed by atoms with E-state index in [1.807, 2.05) is 0 Å². The maximum atomic E-state index is 12.4. The number of benzene rings is 2. The van der Waals surface area contributed by atoms with Gasteiger partial charge in [0.05, 0.1) is 19.9 Å². The number of ether oxygens (including phenoxy) is 3. The first kappa shape index (κ1) is 19.6. The summed E-state index contributed by atoms with van der Waals surface area (Å²) in [6, 6.07) is 9.70. The fourth-order valence-electron chi connectivity index (χ4n) is 2.24. The Kier molecular flexibility index (Phi) is 6.46. The highest BCUT2D eigenvalue weighted by Crippen LogP contribution is 2.30. The number of carbonyl (C=O) groups excluding carboxylic acids is 2. The number of halogens is 1. The number of hydrogen-bond donors (Lipinski definition) is 1. The number of rotatable bonds is 7. The molecule has 7 heteroatoms. The molecule has 0 aliphatic rings. The second-order valence-electron chi connectivity index (χ2n) is 5.52. The van der Waals surface area contributed by atoms with Crippen molar-refractivity contribution in [3.63, 3.8) is 0 Å². The molecule has 138 valence electrons. The topological polar surface area (TPSA) is 73.9 Å². The first-order chi connectivity index (χ1) is 12.3. The van der Waals surface area contributed by atoms with Gasteiger partial charge in [0.25, 0.3) is 5.91 Å². The molecule has 1 N–H and O–H groups in total. The molecule has 0 radical (unpaired) electrons. The first-order valence-electron chi connectivity index (χ1n) is 7.85. The Bertz CT molecular complexity index is 822. The van der Waals surface area contributed by atoms with Crippen molar-refractivity contribution >= 4 is 29.0 Å². The van der Waals surface area contributed by atoms with Gasteiger partial charge < -0.3 is 19.5 Å². The number of carbonyl (C=O) groups is 2. The van der Waals surface area contributed by atoms with Gasteiger partial charge in [-0.25, -0.2) is 0 Å². The van der Waals surface area contributed by atoms with Crippen molar-refractivity contribution in [2.24, 2.45) is 0 Å². The number of nitrogens with one attached hydrogen (secondary N) is 1. The normalized spacial score (nSPS) is 11.4. The summed E-state index contributed by atoms with van der Waals surface area (Å²) in [7, 11) is 2.97. The van der Waals surface area contributed by atoms with E-state index in [0.717, 1.165) is 0 Å². The van der Waals surface area contributed by atoms with Crippen molar-refractivity contribution in [3.8, 4) is 17.2 Å². The van der Waals surface area contributed by atoms with Gasteiger partial charge in [0.1, 0.15) is 5.75 Å². The van der Waals surface area contributed by atoms with E-state index >= 15 is 0 Å². The Morgan fingerprint density at radius 1 is 1.00 bits per heavy atom. The molecule has 0 unspecified atom stereocenters. The molecule has 0 spiro atoms. The van der Waals surface area contributed by atoms with E-state index in [4.69, 9.17) is 25.8 Å². The molecule has 2 rings (SSSR count). The van der Waals surface area contributed by atoms with Crippen LogP contribution in [0.4, 0.5) is 5.69 Å². The van der Waals surface area contributed by atoms with Gasteiger partial charge in [0.15, 0.2) is 23.4 Å². The van der Waals surface area contributed by atoms with Gasteiger partial charge in [0, 0.05) is 10.6 Å². The molecule has 2 aromatic rings. The van der Waals surface area contributed by atoms with Crippen LogP contribution in [-0.2, 0) is 4.79 Å². The molecule has 0 heterocycles. The van der Waals surface area contributed by atoms with Crippen molar-refractivity contribution in [1.29, 1.82) is 0 Å². The van der Waals surface area contributed by atoms with E-state index < -0.39 is 6.10 Å². The fraction of sp³-hybridized carbons (Fsp3) is 0.263. The average molecular weight is 378 g/mol. The number of anilines is 1. The zero-order chi connectivity index (χ0) is 19.3. The summed E-state index contributed by atoms with van der Waals surface area (Å²) in [5, 5.41) is 3.19. The van der Waals surface area contributed by atoms with Crippen molar-refractivity contribution in [2.45, 2.75) is 20.0 Å². The van der Waals surface area contributed by atoms with Crippen LogP contribution in [0.2, 0.25) is 5.02 Å². The summed E-state index contributed by atoms with van der Waals surface area (Å²) in [4.78, 5) is 23.9. The number of ketones is 1. The lowest BCUT2D eigenvalue weighted by molar-refractivity contribution is -0.122. The maximum Gasteiger partial charge on any atom is 0.265 e. The lowest BCUT2D eigenvalue weighted by atomic mass is 10.1. The third kappa shape index (κ3) is 4.67. The van der Waals surface area contributed by atoms with E-state index in [1.54, 1.807) is 43.3 Å². The van der Waals surface area contributed by atoms with Crippen LogP contribution in [-0.4, -0.2) is 32.0 Å². The van der Waals surface area contributed by atoms with Crippen LogP contribution >= 0.6 is 11.6 Å². The molecule has 0 aliphatic carbocycles. The van der Waals surface area contributed by atoms with Crippen LogP contribution in [0.5, 0.6) is 17.2 Å². The van der Waals surface area contributed by atoms with E-state index in [0.29, 0.717) is 33.5 Å². The predicted molar refractivity (Wildman–Crippen MR) is 99.7 cm³/mol. The van der Waals surface area contributed by atoms with Gasteiger partial charge >= 0.3 is 0 Å². The standard InChI is InChI=1S/C19H20ClNO5/c1-11(22)13-5-7-17(18(9-13)25-4)26-12(2)19(23)21-15-10-14(20)6-8-16(15)24-3/h5-10,12H,1-4H3,(H,21,23)/t12-/m0/s1. The molecule has 1 atom stereocenters. The molecule has 26 heavy (non-hydrogen) atoms. The van der Waals surface area contributed by atoms with E-state index in [-0.39, 0.29) is 11.7 Å². The lowest BCUT2D eigenvalue weighted by Crippen LogP contribution is -2.30. The van der Waals surface area contributed by atoms with E-state index in [2.05, 4.69) is 5.32 Å². The van der Waals surface area contributed by atoms with Crippen LogP contribution in [0.3, 0.4) is 0 Å². The zero-order valence-corrected chi connectivity index (χ0v) is 15.7. The van der Waals surface area contributed by atoms with Gasteiger partial charge in [-0.1, -0.05) is 11.6 Å². The molecule has 0 fully saturated rings. The minimum atomic E-state index is -0.823. The van der Waals surface area contributed by atoms with E-state index in [9.17, 15) is 9.59 Å². The average Bonchev–Trinajstić information content (AvgIpc) is 2.61. The SMILES string of the molecule is COc1ccc(Cl)cc1NC(=O)[C@H](C)Oc1ccc(C(C)=O)cc1OC. The minimum absolute atomic E-state index is 0.0892. The van der Waals surface area contributed by atoms with Crippen molar-refractivity contribution < 1.29 is 23.8 Å². The molecule has 1 amide bonds. The molecule has 0 bridgehead atoms. The number of methoxy groups -OCH3 is 2. The van der Waals surface area contributed by atoms with E-state index in [1.165, 1.54) is 21.1 Å². The fourth-order valence-corrected chi connectivity index (χ4v) is 2.41. The highest BCUT2D eigenvalue weighted by Gasteiger charge is 2.19. The molecule has 0 aromatic heterocycles. The lowest BCUT2D eigenvalue weighted by Gasteiger charge is -2.18. The summed E-state index contributed by atoms with van der Waals surface area (Å²) in [6.45, 7) is 3.06. The highest BCUT2D eigenvalue weighted by molar-refractivity contribution is 6.31. The van der Waals surface area contributed by atoms with Crippen molar-refractivity contribution in [3.05, 3.63) is 47.0 Å². The first-order valence-corrected chi connectivity index (χ1v) is 8.23. The van der Waals surface area contributed by atoms with Crippen LogP contribution in [0.25, 0.3) is 0 Å². The molecular formula is C19H20ClNO5. The van der Waals surface area contributed by atoms with Crippen LogP contribution < -0.4 is 19.5 Å². The van der Waals surface area contributed by atoms with Gasteiger partial charge in [-0.3, -0.25) is 9.59 Å². The Morgan fingerprint density at radius 3 is 2.27 bits per heavy atom. The molecular weight excluding hydrogens is 358 g/mol. The predicted octanol–water partition coefficient (Wildman–Crippen LogP) is 3.97. The summed E-state index contributed by atoms with van der Waals surface area (Å²) < 4.78 is 16.1. The van der Waals surface area contributed by atoms with Crippen molar-refractivity contribution in [2.75, 3.05) is 19.5 Å². The number of Topliss-reactive ketones (excluding diaryl/α,β-unsaturated/α-hetero) is 1. The monoisotopic (exact) mass is 377 g/mol. The number of amides is 1. The van der Waals surface area contributed by atoms with Crippen LogP contribution in [0.1, 0.15) is 24.2 Å². The largest absolute Gasteiger partial charge is 0.495 e. The Labute approximate surface area is 157 Å². The summed E-state index contributed by atoms with van der Waals surface area (Å²) in [5.74, 6) is 0.742. The quantitative estimate of drug-likeness (QED) is 0.739. The van der Waals surface area contributed by atoms with Crippen LogP contribution in [0, 0.1) is 0 Å². The Morgan fingerprint density at radius 2 is 1.65 bits per heavy atom. The highest BCUT2D eigenvalue weighted by atomic mass is 35.5.